The zero-order valence-corrected chi connectivity index (χ0v) is 16.6. The standard InChI is InChI=1S/C20H30N4O4/c1-14-21-18(28-22-14)17-6-9-23(19(25)16-7-12-27-13-8-16)10-11-24(17)20(26)15-4-2-3-5-15/h15-17H,2-13H2,1H3. The minimum Gasteiger partial charge on any atom is -0.381 e. The number of aryl methyl sites for hydroxylation is 1. The molecule has 1 aliphatic carbocycles. The Labute approximate surface area is 165 Å². The lowest BCUT2D eigenvalue weighted by Gasteiger charge is -2.30. The van der Waals surface area contributed by atoms with E-state index < -0.39 is 0 Å². The van der Waals surface area contributed by atoms with E-state index >= 15 is 0 Å². The van der Waals surface area contributed by atoms with Crippen molar-refractivity contribution in [2.24, 2.45) is 11.8 Å². The molecule has 28 heavy (non-hydrogen) atoms. The van der Waals surface area contributed by atoms with Crippen LogP contribution in [0.5, 0.6) is 0 Å². The van der Waals surface area contributed by atoms with Crippen LogP contribution in [0.4, 0.5) is 0 Å². The first-order valence-electron chi connectivity index (χ1n) is 10.6. The van der Waals surface area contributed by atoms with E-state index in [9.17, 15) is 9.59 Å². The number of carbonyl (C=O) groups is 2. The molecule has 1 saturated carbocycles. The van der Waals surface area contributed by atoms with E-state index in [1.165, 1.54) is 0 Å². The predicted octanol–water partition coefficient (Wildman–Crippen LogP) is 2.10. The minimum absolute atomic E-state index is 0.0370. The van der Waals surface area contributed by atoms with Crippen LogP contribution in [-0.4, -0.2) is 64.6 Å². The summed E-state index contributed by atoms with van der Waals surface area (Å²) in [7, 11) is 0. The van der Waals surface area contributed by atoms with Crippen LogP contribution in [0.15, 0.2) is 4.52 Å². The minimum atomic E-state index is -0.248. The molecule has 3 heterocycles. The maximum absolute atomic E-state index is 13.2. The van der Waals surface area contributed by atoms with Crippen LogP contribution < -0.4 is 0 Å². The third-order valence-corrected chi connectivity index (χ3v) is 6.36. The fourth-order valence-electron chi connectivity index (χ4n) is 4.73. The van der Waals surface area contributed by atoms with Crippen LogP contribution in [0, 0.1) is 18.8 Å². The summed E-state index contributed by atoms with van der Waals surface area (Å²) in [6, 6.07) is -0.248. The first-order chi connectivity index (χ1) is 13.6. The molecule has 4 rings (SSSR count). The van der Waals surface area contributed by atoms with Gasteiger partial charge in [-0.2, -0.15) is 4.98 Å². The topological polar surface area (TPSA) is 88.8 Å². The number of nitrogens with zero attached hydrogens (tertiary/aromatic N) is 4. The zero-order valence-electron chi connectivity index (χ0n) is 16.6. The van der Waals surface area contributed by atoms with Crippen LogP contribution in [0.25, 0.3) is 0 Å². The molecule has 1 atom stereocenters. The molecular weight excluding hydrogens is 360 g/mol. The largest absolute Gasteiger partial charge is 0.381 e. The number of rotatable bonds is 3. The van der Waals surface area contributed by atoms with Crippen LogP contribution >= 0.6 is 0 Å². The molecule has 0 aromatic carbocycles. The monoisotopic (exact) mass is 390 g/mol. The highest BCUT2D eigenvalue weighted by Crippen LogP contribution is 2.33. The second-order valence-electron chi connectivity index (χ2n) is 8.21. The molecule has 0 bridgehead atoms. The van der Waals surface area contributed by atoms with Gasteiger partial charge in [-0.15, -0.1) is 0 Å². The van der Waals surface area contributed by atoms with Gasteiger partial charge in [0.15, 0.2) is 5.82 Å². The summed E-state index contributed by atoms with van der Waals surface area (Å²) in [6.07, 6.45) is 6.34. The Hall–Kier alpha value is -1.96. The smallest absolute Gasteiger partial charge is 0.249 e. The molecule has 0 N–H and O–H groups in total. The molecule has 154 valence electrons. The van der Waals surface area contributed by atoms with Crippen molar-refractivity contribution < 1.29 is 18.8 Å². The quantitative estimate of drug-likeness (QED) is 0.785. The van der Waals surface area contributed by atoms with E-state index in [0.717, 1.165) is 38.5 Å². The second-order valence-corrected chi connectivity index (χ2v) is 8.21. The van der Waals surface area contributed by atoms with Crippen molar-refractivity contribution >= 4 is 11.8 Å². The van der Waals surface area contributed by atoms with Gasteiger partial charge in [-0.05, 0) is 39.0 Å². The number of hydrogen-bond acceptors (Lipinski definition) is 6. The third kappa shape index (κ3) is 4.06. The number of ether oxygens (including phenoxy) is 1. The normalized spacial score (nSPS) is 25.1. The Morgan fingerprint density at radius 2 is 1.64 bits per heavy atom. The number of amides is 2. The van der Waals surface area contributed by atoms with Crippen LogP contribution in [-0.2, 0) is 14.3 Å². The maximum Gasteiger partial charge on any atom is 0.249 e. The summed E-state index contributed by atoms with van der Waals surface area (Å²) >= 11 is 0. The fourth-order valence-corrected chi connectivity index (χ4v) is 4.73. The molecule has 2 aliphatic heterocycles. The van der Waals surface area contributed by atoms with Crippen molar-refractivity contribution in [1.29, 1.82) is 0 Å². The Morgan fingerprint density at radius 1 is 0.929 bits per heavy atom. The van der Waals surface area contributed by atoms with Gasteiger partial charge in [0.05, 0.1) is 0 Å². The molecule has 0 spiro atoms. The molecule has 2 saturated heterocycles. The Morgan fingerprint density at radius 3 is 2.32 bits per heavy atom. The highest BCUT2D eigenvalue weighted by molar-refractivity contribution is 5.81. The lowest BCUT2D eigenvalue weighted by Crippen LogP contribution is -2.42. The Kier molecular flexibility index (Phi) is 5.94. The third-order valence-electron chi connectivity index (χ3n) is 6.36. The molecule has 3 fully saturated rings. The van der Waals surface area contributed by atoms with Crippen molar-refractivity contribution in [3.05, 3.63) is 11.7 Å². The van der Waals surface area contributed by atoms with E-state index in [1.807, 2.05) is 9.80 Å². The SMILES string of the molecule is Cc1noc(C2CCN(C(=O)C3CCOCC3)CCN2C(=O)C2CCCC2)n1. The van der Waals surface area contributed by atoms with Gasteiger partial charge in [-0.25, -0.2) is 0 Å². The maximum atomic E-state index is 13.2. The highest BCUT2D eigenvalue weighted by atomic mass is 16.5. The summed E-state index contributed by atoms with van der Waals surface area (Å²) in [5, 5.41) is 3.92. The van der Waals surface area contributed by atoms with Gasteiger partial charge >= 0.3 is 0 Å². The van der Waals surface area contributed by atoms with Gasteiger partial charge in [0, 0.05) is 44.7 Å². The summed E-state index contributed by atoms with van der Waals surface area (Å²) < 4.78 is 10.8. The Bertz CT molecular complexity index is 694. The van der Waals surface area contributed by atoms with Crippen molar-refractivity contribution in [2.75, 3.05) is 32.8 Å². The van der Waals surface area contributed by atoms with Gasteiger partial charge < -0.3 is 19.1 Å². The van der Waals surface area contributed by atoms with Gasteiger partial charge in [0.25, 0.3) is 0 Å². The lowest BCUT2D eigenvalue weighted by molar-refractivity contribution is -0.140. The summed E-state index contributed by atoms with van der Waals surface area (Å²) in [5.41, 5.74) is 0. The van der Waals surface area contributed by atoms with Gasteiger partial charge in [0.2, 0.25) is 17.7 Å². The molecule has 2 amide bonds. The molecule has 3 aliphatic rings. The highest BCUT2D eigenvalue weighted by Gasteiger charge is 2.38. The lowest BCUT2D eigenvalue weighted by atomic mass is 9.98. The van der Waals surface area contributed by atoms with Crippen molar-refractivity contribution in [2.45, 2.75) is 57.9 Å². The zero-order chi connectivity index (χ0) is 19.5. The van der Waals surface area contributed by atoms with Crippen LogP contribution in [0.1, 0.15) is 62.7 Å². The van der Waals surface area contributed by atoms with E-state index in [0.29, 0.717) is 51.0 Å². The molecule has 8 heteroatoms. The van der Waals surface area contributed by atoms with Crippen molar-refractivity contribution in [3.8, 4) is 0 Å². The van der Waals surface area contributed by atoms with E-state index in [-0.39, 0.29) is 29.7 Å². The van der Waals surface area contributed by atoms with Gasteiger partial charge in [-0.1, -0.05) is 18.0 Å². The molecule has 0 radical (unpaired) electrons. The summed E-state index contributed by atoms with van der Waals surface area (Å²) in [4.78, 5) is 34.5. The van der Waals surface area contributed by atoms with Gasteiger partial charge in [-0.3, -0.25) is 9.59 Å². The predicted molar refractivity (Wildman–Crippen MR) is 100 cm³/mol. The second kappa shape index (κ2) is 8.59. The molecule has 8 nitrogen and oxygen atoms in total. The summed E-state index contributed by atoms with van der Waals surface area (Å²) in [6.45, 7) is 4.79. The fraction of sp³-hybridized carbons (Fsp3) is 0.800. The first-order valence-corrected chi connectivity index (χ1v) is 10.6. The van der Waals surface area contributed by atoms with Crippen molar-refractivity contribution in [1.82, 2.24) is 19.9 Å². The average Bonchev–Trinajstić information content (AvgIpc) is 3.35. The number of aromatic nitrogens is 2. The number of hydrogen-bond donors (Lipinski definition) is 0. The molecule has 1 aromatic heterocycles. The van der Waals surface area contributed by atoms with Crippen LogP contribution in [0.2, 0.25) is 0 Å². The van der Waals surface area contributed by atoms with Gasteiger partial charge in [0.1, 0.15) is 6.04 Å². The molecular formula is C20H30N4O4. The first kappa shape index (κ1) is 19.4. The summed E-state index contributed by atoms with van der Waals surface area (Å²) in [5.74, 6) is 1.56. The van der Waals surface area contributed by atoms with E-state index in [2.05, 4.69) is 10.1 Å². The van der Waals surface area contributed by atoms with E-state index in [1.54, 1.807) is 6.92 Å². The van der Waals surface area contributed by atoms with Crippen LogP contribution in [0.3, 0.4) is 0 Å². The molecule has 1 aromatic rings. The average molecular weight is 390 g/mol. The van der Waals surface area contributed by atoms with E-state index in [4.69, 9.17) is 9.26 Å². The molecule has 1 unspecified atom stereocenters. The van der Waals surface area contributed by atoms with Crippen molar-refractivity contribution in [3.63, 3.8) is 0 Å². The number of carbonyl (C=O) groups excluding carboxylic acids is 2. The Balaban J connectivity index is 1.51.